The Morgan fingerprint density at radius 3 is 2.52 bits per heavy atom. The predicted molar refractivity (Wildman–Crippen MR) is 112 cm³/mol. The van der Waals surface area contributed by atoms with Crippen LogP contribution in [0.1, 0.15) is 35.2 Å². The highest BCUT2D eigenvalue weighted by molar-refractivity contribution is 7.89. The molecule has 8 nitrogen and oxygen atoms in total. The standard InChI is InChI=1S/C22H22N2O6S/c25-19-15-22(30-20-8-6-16(14-18(19)20)7-9-21(26)23-27)10-12-24(13-11-22)31(28,29)17-4-2-1-3-5-17/h1-9,14,27H,10-13,15H2,(H,23,26)/b9-7+. The number of sulfonamides is 1. The third-order valence-corrected chi connectivity index (χ3v) is 7.58. The monoisotopic (exact) mass is 442 g/mol. The summed E-state index contributed by atoms with van der Waals surface area (Å²) >= 11 is 0. The molecule has 1 amide bonds. The van der Waals surface area contributed by atoms with Gasteiger partial charge in [-0.3, -0.25) is 14.8 Å². The first-order valence-corrected chi connectivity index (χ1v) is 11.3. The van der Waals surface area contributed by atoms with Crippen LogP contribution in [-0.4, -0.2) is 48.3 Å². The van der Waals surface area contributed by atoms with Crippen molar-refractivity contribution in [2.45, 2.75) is 29.8 Å². The molecule has 162 valence electrons. The minimum absolute atomic E-state index is 0.0810. The number of carbonyl (C=O) groups excluding carboxylic acids is 2. The third-order valence-electron chi connectivity index (χ3n) is 5.67. The molecule has 1 fully saturated rings. The molecule has 0 radical (unpaired) electrons. The fraction of sp³-hybridized carbons (Fsp3) is 0.273. The molecule has 1 saturated heterocycles. The Bertz CT molecular complexity index is 1140. The van der Waals surface area contributed by atoms with Crippen molar-refractivity contribution >= 4 is 27.8 Å². The van der Waals surface area contributed by atoms with Gasteiger partial charge < -0.3 is 4.74 Å². The first-order chi connectivity index (χ1) is 14.8. The summed E-state index contributed by atoms with van der Waals surface area (Å²) in [5.74, 6) is -0.293. The van der Waals surface area contributed by atoms with Crippen LogP contribution in [0.4, 0.5) is 0 Å². The van der Waals surface area contributed by atoms with Crippen LogP contribution in [0.25, 0.3) is 6.08 Å². The SMILES string of the molecule is O=C(/C=C/c1ccc2c(c1)C(=O)CC1(CCN(S(=O)(=O)c3ccccc3)CC1)O2)NO. The number of hydrogen-bond acceptors (Lipinski definition) is 6. The van der Waals surface area contributed by atoms with E-state index in [0.717, 1.165) is 6.08 Å². The summed E-state index contributed by atoms with van der Waals surface area (Å²) in [6.45, 7) is 0.549. The zero-order valence-electron chi connectivity index (χ0n) is 16.7. The molecule has 0 atom stereocenters. The van der Waals surface area contributed by atoms with Crippen LogP contribution in [0.3, 0.4) is 0 Å². The van der Waals surface area contributed by atoms with Gasteiger partial charge in [-0.05, 0) is 35.9 Å². The maximum absolute atomic E-state index is 12.9. The first-order valence-electron chi connectivity index (χ1n) is 9.87. The summed E-state index contributed by atoms with van der Waals surface area (Å²) in [6, 6.07) is 13.3. The number of Topliss-reactive ketones (excluding diaryl/α,β-unsaturated/α-hetero) is 1. The van der Waals surface area contributed by atoms with Gasteiger partial charge in [-0.2, -0.15) is 4.31 Å². The largest absolute Gasteiger partial charge is 0.486 e. The van der Waals surface area contributed by atoms with Gasteiger partial charge in [-0.25, -0.2) is 13.9 Å². The van der Waals surface area contributed by atoms with Crippen LogP contribution < -0.4 is 10.2 Å². The van der Waals surface area contributed by atoms with Crippen LogP contribution in [0.2, 0.25) is 0 Å². The van der Waals surface area contributed by atoms with Crippen LogP contribution in [0, 0.1) is 0 Å². The lowest BCUT2D eigenvalue weighted by Crippen LogP contribution is -2.52. The molecular formula is C22H22N2O6S. The van der Waals surface area contributed by atoms with Gasteiger partial charge in [0.05, 0.1) is 16.9 Å². The van der Waals surface area contributed by atoms with Crippen LogP contribution in [-0.2, 0) is 14.8 Å². The molecule has 0 bridgehead atoms. The highest BCUT2D eigenvalue weighted by Crippen LogP contribution is 2.40. The van der Waals surface area contributed by atoms with Gasteiger partial charge in [-0.1, -0.05) is 24.3 Å². The number of ketones is 1. The third kappa shape index (κ3) is 4.25. The molecule has 2 aliphatic heterocycles. The molecule has 2 heterocycles. The van der Waals surface area contributed by atoms with Gasteiger partial charge in [0.2, 0.25) is 10.0 Å². The van der Waals surface area contributed by atoms with E-state index in [4.69, 9.17) is 9.94 Å². The molecule has 0 unspecified atom stereocenters. The number of nitrogens with zero attached hydrogens (tertiary/aromatic N) is 1. The predicted octanol–water partition coefficient (Wildman–Crippen LogP) is 2.39. The van der Waals surface area contributed by atoms with Crippen LogP contribution >= 0.6 is 0 Å². The van der Waals surface area contributed by atoms with Crippen molar-refractivity contribution in [3.63, 3.8) is 0 Å². The van der Waals surface area contributed by atoms with E-state index < -0.39 is 21.5 Å². The summed E-state index contributed by atoms with van der Waals surface area (Å²) in [5.41, 5.74) is 1.84. The van der Waals surface area contributed by atoms with Gasteiger partial charge in [0.15, 0.2) is 5.78 Å². The second-order valence-electron chi connectivity index (χ2n) is 7.67. The Morgan fingerprint density at radius 2 is 1.84 bits per heavy atom. The Hall–Kier alpha value is -3.01. The highest BCUT2D eigenvalue weighted by Gasteiger charge is 2.45. The number of ether oxygens (including phenoxy) is 1. The Balaban J connectivity index is 1.49. The van der Waals surface area contributed by atoms with Crippen molar-refractivity contribution in [3.05, 3.63) is 65.7 Å². The van der Waals surface area contributed by atoms with Gasteiger partial charge in [0.1, 0.15) is 11.4 Å². The van der Waals surface area contributed by atoms with E-state index in [1.54, 1.807) is 48.5 Å². The number of nitrogens with one attached hydrogen (secondary N) is 1. The zero-order chi connectivity index (χ0) is 22.1. The second kappa shape index (κ2) is 8.26. The molecule has 31 heavy (non-hydrogen) atoms. The van der Waals surface area contributed by atoms with Gasteiger partial charge in [0, 0.05) is 32.0 Å². The van der Waals surface area contributed by atoms with Crippen molar-refractivity contribution in [1.29, 1.82) is 0 Å². The van der Waals surface area contributed by atoms with E-state index in [2.05, 4.69) is 0 Å². The molecule has 1 spiro atoms. The quantitative estimate of drug-likeness (QED) is 0.427. The fourth-order valence-corrected chi connectivity index (χ4v) is 5.44. The number of hydroxylamine groups is 1. The van der Waals surface area contributed by atoms with E-state index >= 15 is 0 Å². The van der Waals surface area contributed by atoms with E-state index in [9.17, 15) is 18.0 Å². The summed E-state index contributed by atoms with van der Waals surface area (Å²) < 4.78 is 33.4. The van der Waals surface area contributed by atoms with E-state index in [0.29, 0.717) is 29.7 Å². The van der Waals surface area contributed by atoms with Crippen LogP contribution in [0.5, 0.6) is 5.75 Å². The molecule has 0 aliphatic carbocycles. The van der Waals surface area contributed by atoms with Gasteiger partial charge >= 0.3 is 0 Å². The molecular weight excluding hydrogens is 420 g/mol. The van der Waals surface area contributed by atoms with Gasteiger partial charge in [0.25, 0.3) is 5.91 Å². The van der Waals surface area contributed by atoms with Crippen molar-refractivity contribution in [1.82, 2.24) is 9.79 Å². The van der Waals surface area contributed by atoms with Crippen molar-refractivity contribution < 1.29 is 28.0 Å². The number of hydrogen-bond donors (Lipinski definition) is 2. The molecule has 0 aromatic heterocycles. The highest BCUT2D eigenvalue weighted by atomic mass is 32.2. The minimum Gasteiger partial charge on any atom is -0.486 e. The average molecular weight is 442 g/mol. The second-order valence-corrected chi connectivity index (χ2v) is 9.61. The van der Waals surface area contributed by atoms with Crippen molar-refractivity contribution in [2.75, 3.05) is 13.1 Å². The molecule has 0 saturated carbocycles. The molecule has 4 rings (SSSR count). The number of amides is 1. The lowest BCUT2D eigenvalue weighted by atomic mass is 9.82. The average Bonchev–Trinajstić information content (AvgIpc) is 2.78. The number of carbonyl (C=O) groups is 2. The molecule has 2 aromatic rings. The van der Waals surface area contributed by atoms with E-state index in [-0.39, 0.29) is 30.2 Å². The molecule has 2 aromatic carbocycles. The number of benzene rings is 2. The van der Waals surface area contributed by atoms with Crippen molar-refractivity contribution in [2.24, 2.45) is 0 Å². The van der Waals surface area contributed by atoms with Crippen molar-refractivity contribution in [3.8, 4) is 5.75 Å². The zero-order valence-corrected chi connectivity index (χ0v) is 17.5. The lowest BCUT2D eigenvalue weighted by molar-refractivity contribution is -0.124. The maximum Gasteiger partial charge on any atom is 0.267 e. The number of fused-ring (bicyclic) bond motifs is 1. The Morgan fingerprint density at radius 1 is 1.13 bits per heavy atom. The first kappa shape index (κ1) is 21.2. The Kier molecular flexibility index (Phi) is 5.65. The minimum atomic E-state index is -3.58. The van der Waals surface area contributed by atoms with E-state index in [1.807, 2.05) is 0 Å². The van der Waals surface area contributed by atoms with Gasteiger partial charge in [-0.15, -0.1) is 0 Å². The molecule has 2 N–H and O–H groups in total. The molecule has 9 heteroatoms. The fourth-order valence-electron chi connectivity index (χ4n) is 3.98. The Labute approximate surface area is 180 Å². The number of rotatable bonds is 4. The topological polar surface area (TPSA) is 113 Å². The molecule has 2 aliphatic rings. The number of piperidine rings is 1. The normalized spacial score (nSPS) is 18.5. The van der Waals surface area contributed by atoms with E-state index in [1.165, 1.54) is 15.9 Å². The summed E-state index contributed by atoms with van der Waals surface area (Å²) in [5, 5.41) is 8.56. The lowest BCUT2D eigenvalue weighted by Gasteiger charge is -2.43. The maximum atomic E-state index is 12.9. The smallest absolute Gasteiger partial charge is 0.267 e. The summed E-state index contributed by atoms with van der Waals surface area (Å²) in [7, 11) is -3.58. The summed E-state index contributed by atoms with van der Waals surface area (Å²) in [6.07, 6.45) is 3.64. The van der Waals surface area contributed by atoms with Crippen LogP contribution in [0.15, 0.2) is 59.5 Å². The summed E-state index contributed by atoms with van der Waals surface area (Å²) in [4.78, 5) is 24.2.